The van der Waals surface area contributed by atoms with Crippen molar-refractivity contribution >= 4 is 6.09 Å². The highest BCUT2D eigenvalue weighted by Crippen LogP contribution is 2.01. The van der Waals surface area contributed by atoms with Gasteiger partial charge in [-0.2, -0.15) is 8.78 Å². The first-order valence-electron chi connectivity index (χ1n) is 3.17. The molecule has 0 fully saturated rings. The lowest BCUT2D eigenvalue weighted by atomic mass is 10.2. The zero-order valence-electron chi connectivity index (χ0n) is 6.13. The van der Waals surface area contributed by atoms with Gasteiger partial charge in [0.25, 0.3) is 6.08 Å². The number of carbonyl (C=O) groups is 1. The van der Waals surface area contributed by atoms with E-state index in [2.05, 4.69) is 0 Å². The number of nitrogens with one attached hydrogen (secondary N) is 1. The van der Waals surface area contributed by atoms with Crippen molar-refractivity contribution in [2.24, 2.45) is 0 Å². The molecule has 6 heteroatoms. The van der Waals surface area contributed by atoms with Crippen molar-refractivity contribution in [3.05, 3.63) is 12.2 Å². The molecule has 3 N–H and O–H groups in total. The molecule has 1 atom stereocenters. The number of hydrogen-bond acceptors (Lipinski definition) is 2. The van der Waals surface area contributed by atoms with Crippen LogP contribution in [0.15, 0.2) is 12.2 Å². The van der Waals surface area contributed by atoms with E-state index < -0.39 is 24.8 Å². The third kappa shape index (κ3) is 5.60. The summed E-state index contributed by atoms with van der Waals surface area (Å²) in [6, 6.07) is -0.871. The van der Waals surface area contributed by atoms with Crippen LogP contribution in [0.25, 0.3) is 0 Å². The maximum Gasteiger partial charge on any atom is 0.404 e. The van der Waals surface area contributed by atoms with Crippen molar-refractivity contribution in [3.8, 4) is 0 Å². The smallest absolute Gasteiger partial charge is 0.404 e. The molecule has 0 heterocycles. The van der Waals surface area contributed by atoms with Crippen LogP contribution in [-0.4, -0.2) is 29.0 Å². The molecule has 0 aliphatic rings. The largest absolute Gasteiger partial charge is 0.465 e. The molecule has 4 nitrogen and oxygen atoms in total. The van der Waals surface area contributed by atoms with E-state index in [1.807, 2.05) is 5.32 Å². The summed E-state index contributed by atoms with van der Waals surface area (Å²) in [7, 11) is 0. The first kappa shape index (κ1) is 10.8. The van der Waals surface area contributed by atoms with Crippen LogP contribution in [0.1, 0.15) is 6.42 Å². The Morgan fingerprint density at radius 1 is 1.58 bits per heavy atom. The Hall–Kier alpha value is -1.17. The van der Waals surface area contributed by atoms with Gasteiger partial charge in [-0.1, -0.05) is 0 Å². The zero-order chi connectivity index (χ0) is 9.56. The monoisotopic (exact) mass is 181 g/mol. The fourth-order valence-corrected chi connectivity index (χ4v) is 0.585. The molecule has 0 spiro atoms. The number of rotatable bonds is 4. The van der Waals surface area contributed by atoms with Crippen LogP contribution in [0.2, 0.25) is 0 Å². The van der Waals surface area contributed by atoms with Gasteiger partial charge in [0.15, 0.2) is 0 Å². The Morgan fingerprint density at radius 3 is 2.50 bits per heavy atom. The summed E-state index contributed by atoms with van der Waals surface area (Å²) in [5.41, 5.74) is 0. The van der Waals surface area contributed by atoms with Crippen molar-refractivity contribution < 1.29 is 23.8 Å². The summed E-state index contributed by atoms with van der Waals surface area (Å²) in [5, 5.41) is 18.5. The molecule has 0 aromatic rings. The van der Waals surface area contributed by atoms with E-state index >= 15 is 0 Å². The first-order chi connectivity index (χ1) is 5.56. The lowest BCUT2D eigenvalue weighted by Gasteiger charge is -2.10. The van der Waals surface area contributed by atoms with E-state index in [-0.39, 0.29) is 6.42 Å². The highest BCUT2D eigenvalue weighted by molar-refractivity contribution is 5.64. The summed E-state index contributed by atoms with van der Waals surface area (Å²) in [6.45, 7) is -0.504. The van der Waals surface area contributed by atoms with Gasteiger partial charge in [-0.25, -0.2) is 4.79 Å². The van der Waals surface area contributed by atoms with Gasteiger partial charge < -0.3 is 15.5 Å². The Balaban J connectivity index is 3.83. The van der Waals surface area contributed by atoms with E-state index in [1.54, 1.807) is 0 Å². The number of hydrogen-bond donors (Lipinski definition) is 3. The quantitative estimate of drug-likeness (QED) is 0.600. The third-order valence-electron chi connectivity index (χ3n) is 1.10. The third-order valence-corrected chi connectivity index (χ3v) is 1.10. The van der Waals surface area contributed by atoms with E-state index in [0.29, 0.717) is 6.08 Å². The molecule has 0 aromatic carbocycles. The van der Waals surface area contributed by atoms with Gasteiger partial charge in [-0.15, -0.1) is 0 Å². The fourth-order valence-electron chi connectivity index (χ4n) is 0.585. The molecular weight excluding hydrogens is 172 g/mol. The van der Waals surface area contributed by atoms with E-state index in [0.717, 1.165) is 0 Å². The highest BCUT2D eigenvalue weighted by atomic mass is 19.3. The lowest BCUT2D eigenvalue weighted by molar-refractivity contribution is 0.177. The van der Waals surface area contributed by atoms with Gasteiger partial charge >= 0.3 is 6.09 Å². The molecule has 0 radical (unpaired) electrons. The minimum absolute atomic E-state index is 0.217. The number of carboxylic acid groups (broad SMARTS) is 1. The zero-order valence-corrected chi connectivity index (χ0v) is 6.13. The maximum absolute atomic E-state index is 11.5. The van der Waals surface area contributed by atoms with Crippen LogP contribution >= 0.6 is 0 Å². The summed E-state index contributed by atoms with van der Waals surface area (Å²) in [5.74, 6) is 0. The topological polar surface area (TPSA) is 69.6 Å². The normalized spacial score (nSPS) is 11.9. The van der Waals surface area contributed by atoms with Crippen LogP contribution in [0.5, 0.6) is 0 Å². The second kappa shape index (κ2) is 5.48. The second-order valence-electron chi connectivity index (χ2n) is 2.06. The highest BCUT2D eigenvalue weighted by Gasteiger charge is 2.08. The molecule has 0 aliphatic heterocycles. The SMILES string of the molecule is O=C(O)N[C@H](CO)CC=C(F)F. The molecule has 0 saturated carbocycles. The van der Waals surface area contributed by atoms with Crippen LogP contribution in [-0.2, 0) is 0 Å². The predicted octanol–water partition coefficient (Wildman–Crippen LogP) is 0.785. The fraction of sp³-hybridized carbons (Fsp3) is 0.500. The average Bonchev–Trinajstić information content (AvgIpc) is 1.97. The van der Waals surface area contributed by atoms with Gasteiger partial charge in [0.05, 0.1) is 12.6 Å². The van der Waals surface area contributed by atoms with Crippen molar-refractivity contribution in [1.82, 2.24) is 5.32 Å². The first-order valence-corrected chi connectivity index (χ1v) is 3.17. The number of aliphatic hydroxyl groups is 1. The van der Waals surface area contributed by atoms with E-state index in [4.69, 9.17) is 10.2 Å². The molecule has 0 bridgehead atoms. The van der Waals surface area contributed by atoms with Crippen LogP contribution in [0.3, 0.4) is 0 Å². The Labute approximate surface area is 67.5 Å². The predicted molar refractivity (Wildman–Crippen MR) is 37.0 cm³/mol. The van der Waals surface area contributed by atoms with Crippen LogP contribution < -0.4 is 5.32 Å². The molecule has 70 valence electrons. The van der Waals surface area contributed by atoms with Crippen LogP contribution in [0.4, 0.5) is 13.6 Å². The minimum atomic E-state index is -1.89. The lowest BCUT2D eigenvalue weighted by Crippen LogP contribution is -2.35. The molecular formula is C6H9F2NO3. The molecule has 0 unspecified atom stereocenters. The summed E-state index contributed by atoms with van der Waals surface area (Å²) in [4.78, 5) is 9.98. The molecule has 0 aromatic heterocycles. The Morgan fingerprint density at radius 2 is 2.17 bits per heavy atom. The van der Waals surface area contributed by atoms with Crippen molar-refractivity contribution in [1.29, 1.82) is 0 Å². The van der Waals surface area contributed by atoms with Gasteiger partial charge in [-0.05, 0) is 12.5 Å². The van der Waals surface area contributed by atoms with Crippen molar-refractivity contribution in [2.75, 3.05) is 6.61 Å². The summed E-state index contributed by atoms with van der Waals surface area (Å²) < 4.78 is 22.9. The van der Waals surface area contributed by atoms with Crippen molar-refractivity contribution in [3.63, 3.8) is 0 Å². The van der Waals surface area contributed by atoms with Gasteiger partial charge in [0.2, 0.25) is 0 Å². The van der Waals surface area contributed by atoms with E-state index in [9.17, 15) is 13.6 Å². The minimum Gasteiger partial charge on any atom is -0.465 e. The standard InChI is InChI=1S/C6H9F2NO3/c7-5(8)2-1-4(3-10)9-6(11)12/h2,4,9-10H,1,3H2,(H,11,12)/t4-/m0/s1. The Kier molecular flexibility index (Phi) is 4.94. The summed E-state index contributed by atoms with van der Waals surface area (Å²) >= 11 is 0. The van der Waals surface area contributed by atoms with E-state index in [1.165, 1.54) is 0 Å². The van der Waals surface area contributed by atoms with Crippen LogP contribution in [0, 0.1) is 0 Å². The number of amides is 1. The molecule has 1 amide bonds. The summed E-state index contributed by atoms with van der Waals surface area (Å²) in [6.07, 6.45) is -2.90. The van der Waals surface area contributed by atoms with Crippen molar-refractivity contribution in [2.45, 2.75) is 12.5 Å². The number of halogens is 2. The van der Waals surface area contributed by atoms with Gasteiger partial charge in [0, 0.05) is 0 Å². The number of aliphatic hydroxyl groups excluding tert-OH is 1. The van der Waals surface area contributed by atoms with Gasteiger partial charge in [0.1, 0.15) is 0 Å². The molecule has 0 saturated heterocycles. The molecule has 0 rings (SSSR count). The maximum atomic E-state index is 11.5. The molecule has 12 heavy (non-hydrogen) atoms. The van der Waals surface area contributed by atoms with Gasteiger partial charge in [-0.3, -0.25) is 0 Å². The average molecular weight is 181 g/mol. The Bertz CT molecular complexity index is 180. The molecule has 0 aliphatic carbocycles. The second-order valence-corrected chi connectivity index (χ2v) is 2.06.